The summed E-state index contributed by atoms with van der Waals surface area (Å²) >= 11 is 6.63. The van der Waals surface area contributed by atoms with Gasteiger partial charge >= 0.3 is 0 Å². The molecule has 1 fully saturated rings. The maximum atomic E-state index is 11.7. The average molecular weight is 294 g/mol. The van der Waals surface area contributed by atoms with Crippen molar-refractivity contribution in [3.8, 4) is 0 Å². The lowest BCUT2D eigenvalue weighted by Crippen LogP contribution is -2.31. The summed E-state index contributed by atoms with van der Waals surface area (Å²) in [5.74, 6) is 0.583. The Kier molecular flexibility index (Phi) is 3.99. The number of halogens is 1. The summed E-state index contributed by atoms with van der Waals surface area (Å²) in [6, 6.07) is 6.26. The second-order valence-corrected chi connectivity index (χ2v) is 6.19. The van der Waals surface area contributed by atoms with Crippen LogP contribution >= 0.6 is 11.6 Å². The van der Waals surface area contributed by atoms with Gasteiger partial charge in [-0.25, -0.2) is 0 Å². The predicted octanol–water partition coefficient (Wildman–Crippen LogP) is 3.30. The van der Waals surface area contributed by atoms with Crippen molar-refractivity contribution < 1.29 is 9.53 Å². The van der Waals surface area contributed by atoms with E-state index in [9.17, 15) is 4.79 Å². The highest BCUT2D eigenvalue weighted by Gasteiger charge is 2.26. The molecule has 0 saturated carbocycles. The highest BCUT2D eigenvalue weighted by Crippen LogP contribution is 2.37. The van der Waals surface area contributed by atoms with Crippen molar-refractivity contribution in [2.75, 3.05) is 25.2 Å². The molecular weight excluding hydrogens is 274 g/mol. The summed E-state index contributed by atoms with van der Waals surface area (Å²) in [6.45, 7) is 1.61. The molecule has 0 radical (unpaired) electrons. The number of ether oxygens (including phenoxy) is 1. The fourth-order valence-electron chi connectivity index (χ4n) is 3.12. The van der Waals surface area contributed by atoms with Gasteiger partial charge in [0.15, 0.2) is 0 Å². The van der Waals surface area contributed by atoms with Crippen LogP contribution in [0.15, 0.2) is 18.2 Å². The third-order valence-corrected chi connectivity index (χ3v) is 4.98. The molecule has 1 aromatic rings. The molecule has 1 amide bonds. The second-order valence-electron chi connectivity index (χ2n) is 5.72. The van der Waals surface area contributed by atoms with E-state index >= 15 is 0 Å². The summed E-state index contributed by atoms with van der Waals surface area (Å²) in [5, 5.41) is 0.00327. The standard InChI is InChI=1S/C16H20ClNO2/c1-18-14-6-4-12(9-11(14)5-7-15(18)19)16(17)13-3-2-8-20-10-13/h4,6,9,13,16H,2-3,5,7-8,10H2,1H3. The van der Waals surface area contributed by atoms with Crippen molar-refractivity contribution in [1.82, 2.24) is 0 Å². The topological polar surface area (TPSA) is 29.5 Å². The Balaban J connectivity index is 1.83. The number of benzene rings is 1. The Morgan fingerprint density at radius 2 is 2.25 bits per heavy atom. The minimum atomic E-state index is 0.00327. The van der Waals surface area contributed by atoms with Crippen LogP contribution in [0.2, 0.25) is 0 Å². The molecule has 1 saturated heterocycles. The van der Waals surface area contributed by atoms with Crippen molar-refractivity contribution in [3.63, 3.8) is 0 Å². The zero-order chi connectivity index (χ0) is 14.1. The van der Waals surface area contributed by atoms with Crippen LogP contribution in [0, 0.1) is 5.92 Å². The third-order valence-electron chi connectivity index (χ3n) is 4.38. The first kappa shape index (κ1) is 13.9. The quantitative estimate of drug-likeness (QED) is 0.783. The van der Waals surface area contributed by atoms with Crippen LogP contribution in [0.25, 0.3) is 0 Å². The molecule has 3 rings (SSSR count). The van der Waals surface area contributed by atoms with E-state index in [2.05, 4.69) is 12.1 Å². The lowest BCUT2D eigenvalue weighted by Gasteiger charge is -2.29. The first-order valence-corrected chi connectivity index (χ1v) is 7.71. The number of amides is 1. The van der Waals surface area contributed by atoms with Gasteiger partial charge in [0.1, 0.15) is 0 Å². The maximum Gasteiger partial charge on any atom is 0.227 e. The molecule has 108 valence electrons. The summed E-state index contributed by atoms with van der Waals surface area (Å²) in [5.41, 5.74) is 3.41. The van der Waals surface area contributed by atoms with E-state index < -0.39 is 0 Å². The van der Waals surface area contributed by atoms with Gasteiger partial charge in [0, 0.05) is 31.7 Å². The molecule has 2 aliphatic rings. The number of alkyl halides is 1. The number of carbonyl (C=O) groups is 1. The minimum absolute atomic E-state index is 0.00327. The van der Waals surface area contributed by atoms with E-state index in [1.807, 2.05) is 13.1 Å². The second kappa shape index (κ2) is 5.74. The van der Waals surface area contributed by atoms with Crippen LogP contribution in [0.1, 0.15) is 35.8 Å². The van der Waals surface area contributed by atoms with Gasteiger partial charge in [-0.3, -0.25) is 4.79 Å². The molecule has 20 heavy (non-hydrogen) atoms. The van der Waals surface area contributed by atoms with Gasteiger partial charge in [-0.1, -0.05) is 12.1 Å². The number of carbonyl (C=O) groups excluding carboxylic acids is 1. The predicted molar refractivity (Wildman–Crippen MR) is 80.3 cm³/mol. The van der Waals surface area contributed by atoms with Crippen LogP contribution in [-0.2, 0) is 16.0 Å². The van der Waals surface area contributed by atoms with E-state index in [0.29, 0.717) is 12.3 Å². The van der Waals surface area contributed by atoms with Crippen LogP contribution in [0.5, 0.6) is 0 Å². The third kappa shape index (κ3) is 2.57. The van der Waals surface area contributed by atoms with Crippen LogP contribution in [-0.4, -0.2) is 26.2 Å². The fourth-order valence-corrected chi connectivity index (χ4v) is 3.45. The number of hydrogen-bond donors (Lipinski definition) is 0. The molecule has 2 heterocycles. The minimum Gasteiger partial charge on any atom is -0.381 e. The van der Waals surface area contributed by atoms with Gasteiger partial charge in [0.25, 0.3) is 0 Å². The van der Waals surface area contributed by atoms with Crippen LogP contribution in [0.3, 0.4) is 0 Å². The molecular formula is C16H20ClNO2. The molecule has 1 aromatic carbocycles. The Morgan fingerprint density at radius 1 is 1.40 bits per heavy atom. The lowest BCUT2D eigenvalue weighted by atomic mass is 9.91. The largest absolute Gasteiger partial charge is 0.381 e. The molecule has 4 heteroatoms. The van der Waals surface area contributed by atoms with Crippen molar-refractivity contribution in [2.24, 2.45) is 5.92 Å². The molecule has 2 atom stereocenters. The normalized spacial score (nSPS) is 24.4. The molecule has 2 unspecified atom stereocenters. The number of hydrogen-bond acceptors (Lipinski definition) is 2. The van der Waals surface area contributed by atoms with E-state index in [1.165, 1.54) is 5.56 Å². The Labute approximate surface area is 124 Å². The summed E-state index contributed by atoms with van der Waals surface area (Å²) < 4.78 is 5.53. The SMILES string of the molecule is CN1C(=O)CCc2cc(C(Cl)C3CCCOC3)ccc21. The number of aryl methyl sites for hydroxylation is 1. The average Bonchev–Trinajstić information content (AvgIpc) is 2.51. The highest BCUT2D eigenvalue weighted by molar-refractivity contribution is 6.21. The zero-order valence-electron chi connectivity index (χ0n) is 11.8. The highest BCUT2D eigenvalue weighted by atomic mass is 35.5. The smallest absolute Gasteiger partial charge is 0.227 e. The van der Waals surface area contributed by atoms with Gasteiger partial charge < -0.3 is 9.64 Å². The zero-order valence-corrected chi connectivity index (χ0v) is 12.5. The van der Waals surface area contributed by atoms with Gasteiger partial charge in [-0.15, -0.1) is 11.6 Å². The van der Waals surface area contributed by atoms with Gasteiger partial charge in [0.2, 0.25) is 5.91 Å². The van der Waals surface area contributed by atoms with Crippen LogP contribution < -0.4 is 4.90 Å². The van der Waals surface area contributed by atoms with E-state index in [-0.39, 0.29) is 11.3 Å². The van der Waals surface area contributed by atoms with Gasteiger partial charge in [0.05, 0.1) is 12.0 Å². The van der Waals surface area contributed by atoms with Gasteiger partial charge in [-0.2, -0.15) is 0 Å². The van der Waals surface area contributed by atoms with E-state index in [4.69, 9.17) is 16.3 Å². The molecule has 2 aliphatic heterocycles. The maximum absolute atomic E-state index is 11.7. The monoisotopic (exact) mass is 293 g/mol. The van der Waals surface area contributed by atoms with E-state index in [1.54, 1.807) is 4.90 Å². The van der Waals surface area contributed by atoms with Gasteiger partial charge in [-0.05, 0) is 36.5 Å². The Bertz CT molecular complexity index is 511. The number of anilines is 1. The Morgan fingerprint density at radius 3 is 3.00 bits per heavy atom. The lowest BCUT2D eigenvalue weighted by molar-refractivity contribution is -0.118. The Hall–Kier alpha value is -1.06. The van der Waals surface area contributed by atoms with Crippen molar-refractivity contribution in [2.45, 2.75) is 31.1 Å². The van der Waals surface area contributed by atoms with E-state index in [0.717, 1.165) is 43.7 Å². The number of nitrogens with zero attached hydrogens (tertiary/aromatic N) is 1. The molecule has 0 spiro atoms. The van der Waals surface area contributed by atoms with Crippen molar-refractivity contribution in [3.05, 3.63) is 29.3 Å². The van der Waals surface area contributed by atoms with Crippen molar-refractivity contribution >= 4 is 23.2 Å². The molecule has 0 aromatic heterocycles. The molecule has 0 bridgehead atoms. The van der Waals surface area contributed by atoms with Crippen LogP contribution in [0.4, 0.5) is 5.69 Å². The summed E-state index contributed by atoms with van der Waals surface area (Å²) in [6.07, 6.45) is 3.63. The fraction of sp³-hybridized carbons (Fsp3) is 0.562. The summed E-state index contributed by atoms with van der Waals surface area (Å²) in [7, 11) is 1.84. The first-order valence-electron chi connectivity index (χ1n) is 7.28. The van der Waals surface area contributed by atoms with Crippen molar-refractivity contribution in [1.29, 1.82) is 0 Å². The first-order chi connectivity index (χ1) is 9.66. The molecule has 0 aliphatic carbocycles. The summed E-state index contributed by atoms with van der Waals surface area (Å²) in [4.78, 5) is 13.5. The molecule has 0 N–H and O–H groups in total. The molecule has 3 nitrogen and oxygen atoms in total. The number of rotatable bonds is 2. The number of fused-ring (bicyclic) bond motifs is 1.